The van der Waals surface area contributed by atoms with Crippen LogP contribution in [0, 0.1) is 6.92 Å². The Morgan fingerprint density at radius 2 is 1.89 bits per heavy atom. The molecule has 0 saturated carbocycles. The Labute approximate surface area is 121 Å². The van der Waals surface area contributed by atoms with Crippen LogP contribution in [-0.4, -0.2) is 0 Å². The van der Waals surface area contributed by atoms with Gasteiger partial charge in [0.15, 0.2) is 0 Å². The van der Waals surface area contributed by atoms with Gasteiger partial charge in [-0.2, -0.15) is 0 Å². The van der Waals surface area contributed by atoms with E-state index in [1.807, 2.05) is 11.3 Å². The van der Waals surface area contributed by atoms with Crippen molar-refractivity contribution in [3.63, 3.8) is 0 Å². The Kier molecular flexibility index (Phi) is 4.60. The zero-order valence-corrected chi connectivity index (χ0v) is 13.3. The van der Waals surface area contributed by atoms with Gasteiger partial charge in [0.2, 0.25) is 0 Å². The van der Waals surface area contributed by atoms with E-state index in [1.54, 1.807) is 0 Å². The van der Waals surface area contributed by atoms with E-state index < -0.39 is 0 Å². The summed E-state index contributed by atoms with van der Waals surface area (Å²) in [4.78, 5) is 2.77. The molecule has 0 saturated heterocycles. The molecule has 1 N–H and O–H groups in total. The van der Waals surface area contributed by atoms with E-state index in [1.165, 1.54) is 15.3 Å². The number of rotatable bonds is 4. The summed E-state index contributed by atoms with van der Waals surface area (Å²) in [6.45, 7) is 6.58. The molecular formula is C15H18BrNS. The summed E-state index contributed by atoms with van der Waals surface area (Å²) in [5.41, 5.74) is 1.31. The minimum absolute atomic E-state index is 0.347. The fraction of sp³-hybridized carbons (Fsp3) is 0.333. The fourth-order valence-electron chi connectivity index (χ4n) is 2.02. The van der Waals surface area contributed by atoms with Crippen molar-refractivity contribution in [2.45, 2.75) is 32.9 Å². The van der Waals surface area contributed by atoms with Gasteiger partial charge in [-0.05, 0) is 50.6 Å². The predicted molar refractivity (Wildman–Crippen MR) is 83.2 cm³/mol. The lowest BCUT2D eigenvalue weighted by molar-refractivity contribution is 0.500. The second kappa shape index (κ2) is 6.00. The molecule has 0 spiro atoms. The first-order valence-electron chi connectivity index (χ1n) is 6.14. The average Bonchev–Trinajstić information content (AvgIpc) is 2.76. The van der Waals surface area contributed by atoms with Crippen LogP contribution in [0.4, 0.5) is 0 Å². The summed E-state index contributed by atoms with van der Waals surface area (Å²) < 4.78 is 1.13. The minimum atomic E-state index is 0.347. The van der Waals surface area contributed by atoms with Gasteiger partial charge in [-0.1, -0.05) is 28.1 Å². The number of halogens is 1. The Morgan fingerprint density at radius 3 is 2.50 bits per heavy atom. The second-order valence-electron chi connectivity index (χ2n) is 4.61. The molecule has 96 valence electrons. The Balaban J connectivity index is 2.05. The van der Waals surface area contributed by atoms with Crippen LogP contribution in [0.15, 0.2) is 40.9 Å². The summed E-state index contributed by atoms with van der Waals surface area (Å²) in [6.07, 6.45) is 0. The third-order valence-electron chi connectivity index (χ3n) is 3.04. The van der Waals surface area contributed by atoms with Crippen molar-refractivity contribution in [1.82, 2.24) is 5.32 Å². The van der Waals surface area contributed by atoms with E-state index in [4.69, 9.17) is 0 Å². The van der Waals surface area contributed by atoms with Crippen molar-refractivity contribution in [3.8, 4) is 0 Å². The molecule has 1 nitrogen and oxygen atoms in total. The van der Waals surface area contributed by atoms with Crippen LogP contribution >= 0.6 is 27.3 Å². The second-order valence-corrected chi connectivity index (χ2v) is 6.85. The Morgan fingerprint density at radius 1 is 1.11 bits per heavy atom. The maximum atomic E-state index is 3.64. The highest BCUT2D eigenvalue weighted by atomic mass is 79.9. The lowest BCUT2D eigenvalue weighted by atomic mass is 10.1. The Bertz CT molecular complexity index is 521. The number of benzene rings is 1. The molecule has 0 bridgehead atoms. The molecule has 0 radical (unpaired) electrons. The highest BCUT2D eigenvalue weighted by molar-refractivity contribution is 9.10. The summed E-state index contributed by atoms with van der Waals surface area (Å²) in [6, 6.07) is 13.6. The van der Waals surface area contributed by atoms with Crippen molar-refractivity contribution in [2.75, 3.05) is 0 Å². The third-order valence-corrected chi connectivity index (χ3v) is 4.71. The fourth-order valence-corrected chi connectivity index (χ4v) is 3.32. The first kappa shape index (κ1) is 13.8. The van der Waals surface area contributed by atoms with E-state index in [0.29, 0.717) is 12.1 Å². The number of nitrogens with one attached hydrogen (secondary N) is 1. The van der Waals surface area contributed by atoms with Crippen LogP contribution in [-0.2, 0) is 0 Å². The molecule has 0 fully saturated rings. The van der Waals surface area contributed by atoms with Gasteiger partial charge >= 0.3 is 0 Å². The molecular weight excluding hydrogens is 306 g/mol. The van der Waals surface area contributed by atoms with E-state index >= 15 is 0 Å². The normalized spacial score (nSPS) is 14.4. The first-order valence-corrected chi connectivity index (χ1v) is 7.75. The molecule has 2 atom stereocenters. The van der Waals surface area contributed by atoms with Gasteiger partial charge in [-0.25, -0.2) is 0 Å². The van der Waals surface area contributed by atoms with Crippen molar-refractivity contribution < 1.29 is 0 Å². The molecule has 3 heteroatoms. The molecule has 1 heterocycles. The van der Waals surface area contributed by atoms with E-state index in [2.05, 4.69) is 78.4 Å². The number of aryl methyl sites for hydroxylation is 1. The maximum absolute atomic E-state index is 3.64. The van der Waals surface area contributed by atoms with Crippen molar-refractivity contribution in [2.24, 2.45) is 0 Å². The molecule has 1 aromatic heterocycles. The van der Waals surface area contributed by atoms with Gasteiger partial charge in [0, 0.05) is 26.3 Å². The summed E-state index contributed by atoms with van der Waals surface area (Å²) in [5, 5.41) is 3.64. The van der Waals surface area contributed by atoms with Crippen LogP contribution in [0.25, 0.3) is 0 Å². The molecule has 18 heavy (non-hydrogen) atoms. The molecule has 0 aliphatic carbocycles. The topological polar surface area (TPSA) is 12.0 Å². The quantitative estimate of drug-likeness (QED) is 0.812. The van der Waals surface area contributed by atoms with E-state index in [9.17, 15) is 0 Å². The van der Waals surface area contributed by atoms with Crippen LogP contribution in [0.1, 0.15) is 41.2 Å². The van der Waals surface area contributed by atoms with E-state index in [0.717, 1.165) is 4.47 Å². The average molecular weight is 324 g/mol. The lowest BCUT2D eigenvalue weighted by Crippen LogP contribution is -2.21. The predicted octanol–water partition coefficient (Wildman–Crippen LogP) is 5.23. The summed E-state index contributed by atoms with van der Waals surface area (Å²) >= 11 is 5.38. The number of thiophene rings is 1. The zero-order valence-electron chi connectivity index (χ0n) is 10.9. The zero-order chi connectivity index (χ0) is 13.1. The summed E-state index contributed by atoms with van der Waals surface area (Å²) in [5.74, 6) is 0. The summed E-state index contributed by atoms with van der Waals surface area (Å²) in [7, 11) is 0. The van der Waals surface area contributed by atoms with Crippen LogP contribution in [0.3, 0.4) is 0 Å². The van der Waals surface area contributed by atoms with Gasteiger partial charge in [0.25, 0.3) is 0 Å². The Hall–Kier alpha value is -0.640. The largest absolute Gasteiger partial charge is 0.303 e. The first-order chi connectivity index (χ1) is 8.56. The maximum Gasteiger partial charge on any atom is 0.0391 e. The van der Waals surface area contributed by atoms with Gasteiger partial charge < -0.3 is 5.32 Å². The monoisotopic (exact) mass is 323 g/mol. The van der Waals surface area contributed by atoms with Crippen LogP contribution < -0.4 is 5.32 Å². The molecule has 2 rings (SSSR count). The SMILES string of the molecule is Cc1ccc(C(C)NC(C)c2cccc(Br)c2)s1. The number of hydrogen-bond donors (Lipinski definition) is 1. The van der Waals surface area contributed by atoms with Crippen molar-refractivity contribution in [1.29, 1.82) is 0 Å². The highest BCUT2D eigenvalue weighted by Crippen LogP contribution is 2.26. The van der Waals surface area contributed by atoms with Crippen LogP contribution in [0.2, 0.25) is 0 Å². The molecule has 0 aliphatic rings. The minimum Gasteiger partial charge on any atom is -0.303 e. The van der Waals surface area contributed by atoms with E-state index in [-0.39, 0.29) is 0 Å². The highest BCUT2D eigenvalue weighted by Gasteiger charge is 2.12. The molecule has 2 aromatic rings. The van der Waals surface area contributed by atoms with Gasteiger partial charge in [0.1, 0.15) is 0 Å². The van der Waals surface area contributed by atoms with Crippen LogP contribution in [0.5, 0.6) is 0 Å². The lowest BCUT2D eigenvalue weighted by Gasteiger charge is -2.19. The molecule has 0 aliphatic heterocycles. The number of hydrogen-bond acceptors (Lipinski definition) is 2. The van der Waals surface area contributed by atoms with Gasteiger partial charge in [-0.15, -0.1) is 11.3 Å². The molecule has 0 amide bonds. The van der Waals surface area contributed by atoms with Gasteiger partial charge in [-0.3, -0.25) is 0 Å². The van der Waals surface area contributed by atoms with Gasteiger partial charge in [0.05, 0.1) is 0 Å². The smallest absolute Gasteiger partial charge is 0.0391 e. The molecule has 2 unspecified atom stereocenters. The third kappa shape index (κ3) is 3.44. The van der Waals surface area contributed by atoms with Crippen molar-refractivity contribution in [3.05, 3.63) is 56.2 Å². The van der Waals surface area contributed by atoms with Crippen molar-refractivity contribution >= 4 is 27.3 Å². The molecule has 1 aromatic carbocycles. The standard InChI is InChI=1S/C15H18BrNS/c1-10-7-8-15(18-10)12(3)17-11(2)13-5-4-6-14(16)9-13/h4-9,11-12,17H,1-3H3.